The highest BCUT2D eigenvalue weighted by Crippen LogP contribution is 2.66. The van der Waals surface area contributed by atoms with Crippen LogP contribution in [0.1, 0.15) is 22.5 Å². The molecule has 1 unspecified atom stereocenters. The maximum Gasteiger partial charge on any atom is 0.274 e. The number of hydrogen-bond acceptors (Lipinski definition) is 6. The number of thioether (sulfide) groups is 1. The average Bonchev–Trinajstić information content (AvgIpc) is 3.48. The lowest BCUT2D eigenvalue weighted by Gasteiger charge is -2.34. The van der Waals surface area contributed by atoms with E-state index in [4.69, 9.17) is 23.1 Å². The average molecular weight is 478 g/mol. The zero-order valence-electron chi connectivity index (χ0n) is 16.5. The molecule has 4 rings (SSSR count). The van der Waals surface area contributed by atoms with Crippen LogP contribution in [0.5, 0.6) is 0 Å². The quantitative estimate of drug-likeness (QED) is 0.551. The van der Waals surface area contributed by atoms with Crippen molar-refractivity contribution < 1.29 is 18.4 Å². The topological polar surface area (TPSA) is 123 Å². The van der Waals surface area contributed by atoms with Crippen LogP contribution in [-0.2, 0) is 10.3 Å². The first-order chi connectivity index (χ1) is 15.2. The number of nitrogens with zero attached hydrogens (tertiary/aromatic N) is 2. The molecule has 1 aromatic heterocycles. The second-order valence-electron chi connectivity index (χ2n) is 7.57. The Morgan fingerprint density at radius 2 is 2.12 bits per heavy atom. The lowest BCUT2D eigenvalue weighted by atomic mass is 9.84. The molecule has 1 aromatic carbocycles. The number of aromatic nitrogens is 1. The Balaban J connectivity index is 1.69. The van der Waals surface area contributed by atoms with Gasteiger partial charge in [0, 0.05) is 34.2 Å². The predicted molar refractivity (Wildman–Crippen MR) is 120 cm³/mol. The van der Waals surface area contributed by atoms with Crippen LogP contribution in [0, 0.1) is 11.7 Å². The monoisotopic (exact) mass is 477 g/mol. The van der Waals surface area contributed by atoms with Gasteiger partial charge in [-0.3, -0.25) is 9.59 Å². The maximum absolute atomic E-state index is 14.9. The first-order valence-electron chi connectivity index (χ1n) is 9.51. The number of hydrogen-bond donors (Lipinski definition) is 3. The highest BCUT2D eigenvalue weighted by Gasteiger charge is 2.67. The molecule has 7 nitrogen and oxygen atoms in total. The minimum absolute atomic E-state index is 0.0375. The van der Waals surface area contributed by atoms with Crippen molar-refractivity contribution in [3.63, 3.8) is 0 Å². The normalized spacial score (nSPS) is 26.3. The molecular weight excluding hydrogens is 460 g/mol. The number of anilines is 1. The van der Waals surface area contributed by atoms with E-state index in [1.54, 1.807) is 6.08 Å². The summed E-state index contributed by atoms with van der Waals surface area (Å²) in [7, 11) is 0. The number of benzene rings is 1. The lowest BCUT2D eigenvalue weighted by Crippen LogP contribution is -2.39. The first kappa shape index (κ1) is 22.2. The number of alkyl halides is 1. The number of fused-ring (bicyclic) bond motifs is 1. The van der Waals surface area contributed by atoms with Gasteiger partial charge in [-0.1, -0.05) is 29.4 Å². The number of amidine groups is 1. The van der Waals surface area contributed by atoms with Gasteiger partial charge < -0.3 is 16.8 Å². The number of amides is 2. The van der Waals surface area contributed by atoms with Crippen LogP contribution in [-0.4, -0.2) is 33.4 Å². The third kappa shape index (κ3) is 3.95. The molecule has 0 radical (unpaired) electrons. The number of carbonyl (C=O) groups is 2. The van der Waals surface area contributed by atoms with Crippen LogP contribution >= 0.6 is 23.4 Å². The zero-order valence-corrected chi connectivity index (χ0v) is 18.1. The van der Waals surface area contributed by atoms with E-state index in [2.05, 4.69) is 15.3 Å². The molecule has 1 fully saturated rings. The summed E-state index contributed by atoms with van der Waals surface area (Å²) in [6.45, 7) is -1.02. The minimum atomic E-state index is -1.60. The number of primary amides is 1. The van der Waals surface area contributed by atoms with Crippen LogP contribution in [0.15, 0.2) is 53.7 Å². The van der Waals surface area contributed by atoms with Gasteiger partial charge in [0.2, 0.25) is 5.91 Å². The van der Waals surface area contributed by atoms with Crippen LogP contribution in [0.3, 0.4) is 0 Å². The first-order valence-corrected chi connectivity index (χ1v) is 10.7. The second-order valence-corrected chi connectivity index (χ2v) is 9.39. The minimum Gasteiger partial charge on any atom is -0.378 e. The van der Waals surface area contributed by atoms with Gasteiger partial charge in [0.25, 0.3) is 5.91 Å². The predicted octanol–water partition coefficient (Wildman–Crippen LogP) is 3.15. The molecule has 1 aliphatic carbocycles. The van der Waals surface area contributed by atoms with E-state index in [0.29, 0.717) is 11.4 Å². The highest BCUT2D eigenvalue weighted by molar-refractivity contribution is 8.15. The van der Waals surface area contributed by atoms with Crippen molar-refractivity contribution in [3.8, 4) is 0 Å². The summed E-state index contributed by atoms with van der Waals surface area (Å²) in [4.78, 5) is 31.9. The summed E-state index contributed by atoms with van der Waals surface area (Å²) in [5.74, 6) is -2.33. The summed E-state index contributed by atoms with van der Waals surface area (Å²) in [5.41, 5.74) is 9.88. The van der Waals surface area contributed by atoms with Crippen LogP contribution in [0.4, 0.5) is 14.5 Å². The molecule has 5 N–H and O–H groups in total. The molecule has 0 spiro atoms. The van der Waals surface area contributed by atoms with E-state index in [1.165, 1.54) is 48.3 Å². The van der Waals surface area contributed by atoms with Crippen molar-refractivity contribution in [1.82, 2.24) is 4.98 Å². The molecule has 166 valence electrons. The Morgan fingerprint density at radius 3 is 2.78 bits per heavy atom. The van der Waals surface area contributed by atoms with Crippen molar-refractivity contribution in [1.29, 1.82) is 0 Å². The fourth-order valence-electron chi connectivity index (χ4n) is 3.96. The standard InChI is InChI=1S/C21H18ClF2N5O2S/c22-11-1-4-15(27-9-11)18(31)28-12-2-3-14(24)13(7-12)21(10-23)16-8-20(16,6-5-17(25)30)32-19(26)29-21/h1-7,9,16H,8,10H2,(H2,25,30)(H2,26,29)(H,28,31)/b6-5+/t16?,20-,21+/m0/s1. The Morgan fingerprint density at radius 1 is 1.34 bits per heavy atom. The highest BCUT2D eigenvalue weighted by atomic mass is 35.5. The summed E-state index contributed by atoms with van der Waals surface area (Å²) < 4.78 is 28.8. The molecule has 2 aromatic rings. The van der Waals surface area contributed by atoms with Crippen molar-refractivity contribution in [2.75, 3.05) is 12.0 Å². The van der Waals surface area contributed by atoms with Crippen molar-refractivity contribution in [2.24, 2.45) is 22.4 Å². The van der Waals surface area contributed by atoms with E-state index in [9.17, 15) is 18.4 Å². The molecule has 2 heterocycles. The maximum atomic E-state index is 14.9. The third-order valence-electron chi connectivity index (χ3n) is 5.52. The van der Waals surface area contributed by atoms with Gasteiger partial charge in [0.05, 0.1) is 5.02 Å². The summed E-state index contributed by atoms with van der Waals surface area (Å²) in [6, 6.07) is 6.79. The molecule has 2 amide bonds. The molecular formula is C21H18ClF2N5O2S. The number of nitrogens with one attached hydrogen (secondary N) is 1. The Labute approximate surface area is 191 Å². The van der Waals surface area contributed by atoms with E-state index in [1.807, 2.05) is 0 Å². The Hall–Kier alpha value is -2.98. The number of carbonyl (C=O) groups excluding carboxylic acids is 2. The van der Waals surface area contributed by atoms with Crippen molar-refractivity contribution in [2.45, 2.75) is 16.7 Å². The molecule has 0 saturated heterocycles. The number of rotatable bonds is 6. The van der Waals surface area contributed by atoms with Crippen molar-refractivity contribution >= 4 is 46.0 Å². The largest absolute Gasteiger partial charge is 0.378 e. The summed E-state index contributed by atoms with van der Waals surface area (Å²) in [5, 5.41) is 3.07. The van der Waals surface area contributed by atoms with Crippen LogP contribution < -0.4 is 16.8 Å². The van der Waals surface area contributed by atoms with E-state index >= 15 is 0 Å². The fourth-order valence-corrected chi connectivity index (χ4v) is 5.40. The van der Waals surface area contributed by atoms with Gasteiger partial charge in [-0.2, -0.15) is 0 Å². The lowest BCUT2D eigenvalue weighted by molar-refractivity contribution is -0.113. The Bertz CT molecular complexity index is 1160. The number of pyridine rings is 1. The molecule has 11 heteroatoms. The van der Waals surface area contributed by atoms with Crippen LogP contribution in [0.2, 0.25) is 5.02 Å². The molecule has 1 saturated carbocycles. The third-order valence-corrected chi connectivity index (χ3v) is 7.01. The second kappa shape index (κ2) is 8.18. The summed E-state index contributed by atoms with van der Waals surface area (Å²) in [6.07, 6.45) is 4.53. The Kier molecular flexibility index (Phi) is 5.68. The van der Waals surface area contributed by atoms with Crippen molar-refractivity contribution in [3.05, 3.63) is 70.8 Å². The van der Waals surface area contributed by atoms with Gasteiger partial charge in [-0.25, -0.2) is 18.8 Å². The number of nitrogens with two attached hydrogens (primary N) is 2. The SMILES string of the molecule is NC(=O)/C=C/[C@]12CC1[C@@](CF)(c1cc(NC(=O)c3ccc(Cl)cn3)ccc1F)N=C(N)S2. The molecule has 32 heavy (non-hydrogen) atoms. The van der Waals surface area contributed by atoms with E-state index in [-0.39, 0.29) is 22.1 Å². The smallest absolute Gasteiger partial charge is 0.274 e. The van der Waals surface area contributed by atoms with E-state index < -0.39 is 40.5 Å². The van der Waals surface area contributed by atoms with Gasteiger partial charge in [-0.15, -0.1) is 0 Å². The zero-order chi connectivity index (χ0) is 23.1. The number of halogens is 3. The fraction of sp³-hybridized carbons (Fsp3) is 0.238. The number of aliphatic imine (C=N–C) groups is 1. The van der Waals surface area contributed by atoms with E-state index in [0.717, 1.165) is 6.07 Å². The molecule has 3 atom stereocenters. The van der Waals surface area contributed by atoms with Gasteiger partial charge in [-0.05, 0) is 36.8 Å². The van der Waals surface area contributed by atoms with Gasteiger partial charge in [0.1, 0.15) is 23.7 Å². The molecule has 0 bridgehead atoms. The van der Waals surface area contributed by atoms with Gasteiger partial charge >= 0.3 is 0 Å². The molecule has 1 aliphatic heterocycles. The molecule has 2 aliphatic rings. The summed E-state index contributed by atoms with van der Waals surface area (Å²) >= 11 is 6.98. The van der Waals surface area contributed by atoms with Gasteiger partial charge in [0.15, 0.2) is 5.17 Å². The van der Waals surface area contributed by atoms with Crippen LogP contribution in [0.25, 0.3) is 0 Å².